The molecule has 0 aromatic heterocycles. The number of carbonyl (C=O) groups excluding carboxylic acids is 1. The Bertz CT molecular complexity index is 781. The van der Waals surface area contributed by atoms with Gasteiger partial charge in [-0.3, -0.25) is 0 Å². The monoisotopic (exact) mass is 389 g/mol. The number of nitrogens with one attached hydrogen (secondary N) is 2. The minimum absolute atomic E-state index is 0.191. The van der Waals surface area contributed by atoms with Crippen LogP contribution in [0.2, 0.25) is 0 Å². The maximum Gasteiger partial charge on any atom is 0.315 e. The molecule has 0 aliphatic heterocycles. The second-order valence-electron chi connectivity index (χ2n) is 8.12. The van der Waals surface area contributed by atoms with Crippen LogP contribution in [0.15, 0.2) is 60.7 Å². The van der Waals surface area contributed by atoms with Crippen LogP contribution in [0.25, 0.3) is 0 Å². The van der Waals surface area contributed by atoms with E-state index >= 15 is 0 Å². The van der Waals surface area contributed by atoms with Crippen molar-refractivity contribution in [2.75, 3.05) is 0 Å². The second kappa shape index (κ2) is 9.60. The normalized spacial score (nSPS) is 20.3. The molecule has 0 unspecified atom stereocenters. The van der Waals surface area contributed by atoms with Gasteiger partial charge in [-0.2, -0.15) is 5.26 Å². The summed E-state index contributed by atoms with van der Waals surface area (Å²) in [7, 11) is 0. The van der Waals surface area contributed by atoms with Gasteiger partial charge < -0.3 is 10.6 Å². The Hall–Kier alpha value is -2.80. The number of nitriles is 1. The second-order valence-corrected chi connectivity index (χ2v) is 8.12. The third kappa shape index (κ3) is 4.62. The van der Waals surface area contributed by atoms with Gasteiger partial charge in [0.2, 0.25) is 0 Å². The summed E-state index contributed by atoms with van der Waals surface area (Å²) in [5, 5.41) is 16.5. The van der Waals surface area contributed by atoms with E-state index in [2.05, 4.69) is 23.6 Å². The van der Waals surface area contributed by atoms with Crippen LogP contribution in [-0.4, -0.2) is 18.1 Å². The average molecular weight is 390 g/mol. The third-order valence-corrected chi connectivity index (χ3v) is 6.39. The molecular weight excluding hydrogens is 358 g/mol. The zero-order valence-corrected chi connectivity index (χ0v) is 17.4. The Balaban J connectivity index is 1.78. The highest BCUT2D eigenvalue weighted by Crippen LogP contribution is 2.35. The molecule has 152 valence electrons. The lowest BCUT2D eigenvalue weighted by molar-refractivity contribution is 0.221. The standard InChI is InChI=1S/C25H31N3O/c1-3-20-14-16-23(17-15-20)28-24(29)27-19(2)25(18-26,21-10-6-4-7-11-21)22-12-8-5-9-13-22/h4-13,19-20,23H,3,14-17H2,1-2H3,(H2,27,28,29)/t19-,20?,23?/m0/s1. The quantitative estimate of drug-likeness (QED) is 0.717. The molecule has 0 heterocycles. The summed E-state index contributed by atoms with van der Waals surface area (Å²) in [5.41, 5.74) is 0.801. The van der Waals surface area contributed by atoms with Crippen molar-refractivity contribution in [1.82, 2.24) is 10.6 Å². The molecule has 2 aromatic carbocycles. The maximum atomic E-state index is 12.8. The first-order valence-corrected chi connectivity index (χ1v) is 10.7. The molecule has 1 aliphatic rings. The lowest BCUT2D eigenvalue weighted by Gasteiger charge is -2.35. The molecule has 0 radical (unpaired) electrons. The first kappa shape index (κ1) is 20.9. The number of rotatable bonds is 6. The first-order chi connectivity index (χ1) is 14.1. The Morgan fingerprint density at radius 1 is 1.03 bits per heavy atom. The molecule has 4 nitrogen and oxygen atoms in total. The van der Waals surface area contributed by atoms with Crippen molar-refractivity contribution >= 4 is 6.03 Å². The minimum atomic E-state index is -0.959. The fourth-order valence-electron chi connectivity index (χ4n) is 4.54. The Morgan fingerprint density at radius 2 is 1.55 bits per heavy atom. The van der Waals surface area contributed by atoms with Gasteiger partial charge in [0.25, 0.3) is 0 Å². The maximum absolute atomic E-state index is 12.8. The van der Waals surface area contributed by atoms with Crippen LogP contribution < -0.4 is 10.6 Å². The van der Waals surface area contributed by atoms with E-state index in [1.165, 1.54) is 19.3 Å². The zero-order valence-electron chi connectivity index (χ0n) is 17.4. The molecule has 1 aliphatic carbocycles. The van der Waals surface area contributed by atoms with Gasteiger partial charge in [0.05, 0.1) is 12.1 Å². The molecule has 3 rings (SSSR count). The lowest BCUT2D eigenvalue weighted by Crippen LogP contribution is -2.53. The SMILES string of the molecule is CCC1CCC(NC(=O)N[C@@H](C)C(C#N)(c2ccccc2)c2ccccc2)CC1. The number of hydrogen-bond acceptors (Lipinski definition) is 2. The molecule has 1 atom stereocenters. The fraction of sp³-hybridized carbons (Fsp3) is 0.440. The van der Waals surface area contributed by atoms with Gasteiger partial charge >= 0.3 is 6.03 Å². The van der Waals surface area contributed by atoms with Crippen LogP contribution in [0.4, 0.5) is 4.79 Å². The molecule has 4 heteroatoms. The molecule has 2 aromatic rings. The van der Waals surface area contributed by atoms with Crippen molar-refractivity contribution in [3.63, 3.8) is 0 Å². The van der Waals surface area contributed by atoms with E-state index in [1.807, 2.05) is 67.6 Å². The fourth-order valence-corrected chi connectivity index (χ4v) is 4.54. The molecule has 2 amide bonds. The van der Waals surface area contributed by atoms with Crippen molar-refractivity contribution in [2.24, 2.45) is 5.92 Å². The van der Waals surface area contributed by atoms with E-state index in [-0.39, 0.29) is 12.1 Å². The number of benzene rings is 2. The van der Waals surface area contributed by atoms with Gasteiger partial charge in [0, 0.05) is 6.04 Å². The van der Waals surface area contributed by atoms with Crippen LogP contribution in [0.5, 0.6) is 0 Å². The van der Waals surface area contributed by atoms with E-state index in [0.717, 1.165) is 29.9 Å². The summed E-state index contributed by atoms with van der Waals surface area (Å²) in [6.45, 7) is 4.15. The smallest absolute Gasteiger partial charge is 0.315 e. The summed E-state index contributed by atoms with van der Waals surface area (Å²) in [6, 6.07) is 21.6. The molecule has 1 fully saturated rings. The van der Waals surface area contributed by atoms with E-state index in [4.69, 9.17) is 0 Å². The summed E-state index contributed by atoms with van der Waals surface area (Å²) < 4.78 is 0. The highest BCUT2D eigenvalue weighted by Gasteiger charge is 2.41. The van der Waals surface area contributed by atoms with Crippen molar-refractivity contribution in [1.29, 1.82) is 5.26 Å². The zero-order chi connectivity index (χ0) is 20.7. The molecule has 0 saturated heterocycles. The Morgan fingerprint density at radius 3 is 2.00 bits per heavy atom. The molecule has 2 N–H and O–H groups in total. The Labute approximate surface area is 174 Å². The van der Waals surface area contributed by atoms with Crippen molar-refractivity contribution in [3.8, 4) is 6.07 Å². The van der Waals surface area contributed by atoms with E-state index in [0.29, 0.717) is 0 Å². The van der Waals surface area contributed by atoms with Crippen molar-refractivity contribution in [3.05, 3.63) is 71.8 Å². The molecule has 0 spiro atoms. The largest absolute Gasteiger partial charge is 0.335 e. The molecule has 1 saturated carbocycles. The van der Waals surface area contributed by atoms with Gasteiger partial charge in [0.1, 0.15) is 5.41 Å². The predicted molar refractivity (Wildman–Crippen MR) is 116 cm³/mol. The predicted octanol–water partition coefficient (Wildman–Crippen LogP) is 5.15. The van der Waals surface area contributed by atoms with Crippen LogP contribution in [-0.2, 0) is 5.41 Å². The van der Waals surface area contributed by atoms with Crippen molar-refractivity contribution < 1.29 is 4.79 Å². The topological polar surface area (TPSA) is 64.9 Å². The summed E-state index contributed by atoms with van der Waals surface area (Å²) in [6.07, 6.45) is 5.62. The first-order valence-electron chi connectivity index (χ1n) is 10.7. The number of urea groups is 1. The van der Waals surface area contributed by atoms with Crippen LogP contribution in [0.1, 0.15) is 57.1 Å². The van der Waals surface area contributed by atoms with Gasteiger partial charge in [0.15, 0.2) is 0 Å². The molecule has 29 heavy (non-hydrogen) atoms. The number of hydrogen-bond donors (Lipinski definition) is 2. The van der Waals surface area contributed by atoms with Gasteiger partial charge in [-0.25, -0.2) is 4.79 Å². The highest BCUT2D eigenvalue weighted by atomic mass is 16.2. The molecular formula is C25H31N3O. The lowest BCUT2D eigenvalue weighted by atomic mass is 9.70. The number of amides is 2. The average Bonchev–Trinajstić information content (AvgIpc) is 2.76. The third-order valence-electron chi connectivity index (χ3n) is 6.39. The summed E-state index contributed by atoms with van der Waals surface area (Å²) in [5.74, 6) is 0.789. The minimum Gasteiger partial charge on any atom is -0.335 e. The Kier molecular flexibility index (Phi) is 6.93. The highest BCUT2D eigenvalue weighted by molar-refractivity contribution is 5.75. The van der Waals surface area contributed by atoms with Crippen LogP contribution >= 0.6 is 0 Å². The summed E-state index contributed by atoms with van der Waals surface area (Å²) >= 11 is 0. The van der Waals surface area contributed by atoms with E-state index in [9.17, 15) is 10.1 Å². The van der Waals surface area contributed by atoms with Crippen molar-refractivity contribution in [2.45, 2.75) is 63.5 Å². The van der Waals surface area contributed by atoms with E-state index in [1.54, 1.807) is 0 Å². The van der Waals surface area contributed by atoms with E-state index < -0.39 is 11.5 Å². The van der Waals surface area contributed by atoms with Crippen LogP contribution in [0, 0.1) is 17.2 Å². The van der Waals surface area contributed by atoms with Gasteiger partial charge in [-0.15, -0.1) is 0 Å². The van der Waals surface area contributed by atoms with Crippen LogP contribution in [0.3, 0.4) is 0 Å². The van der Waals surface area contributed by atoms with Gasteiger partial charge in [-0.05, 0) is 49.7 Å². The number of nitrogens with zero attached hydrogens (tertiary/aromatic N) is 1. The van der Waals surface area contributed by atoms with Gasteiger partial charge in [-0.1, -0.05) is 74.0 Å². The summed E-state index contributed by atoms with van der Waals surface area (Å²) in [4.78, 5) is 12.8. The number of carbonyl (C=O) groups is 1. The molecule has 0 bridgehead atoms.